The Hall–Kier alpha value is -1.07. The monoisotopic (exact) mass is 340 g/mol. The zero-order valence-corrected chi connectivity index (χ0v) is 13.4. The second-order valence-corrected chi connectivity index (χ2v) is 5.98. The molecule has 0 aliphatic carbocycles. The predicted octanol–water partition coefficient (Wildman–Crippen LogP) is 2.43. The molecular weight excluding hydrogens is 320 g/mol. The third-order valence-corrected chi connectivity index (χ3v) is 4.07. The summed E-state index contributed by atoms with van der Waals surface area (Å²) in [6, 6.07) is 8.10. The molecular formula is C15H21BrN2O2. The quantitative estimate of drug-likeness (QED) is 0.808. The molecule has 1 amide bonds. The van der Waals surface area contributed by atoms with Gasteiger partial charge in [-0.1, -0.05) is 22.0 Å². The number of carbonyl (C=O) groups excluding carboxylic acids is 1. The van der Waals surface area contributed by atoms with Gasteiger partial charge in [-0.05, 0) is 37.6 Å². The SMILES string of the molecule is CN(C(=O)CCCOc1cccc(Br)c1)C1CCNC1. The van der Waals surface area contributed by atoms with Crippen molar-refractivity contribution in [1.29, 1.82) is 0 Å². The minimum Gasteiger partial charge on any atom is -0.494 e. The van der Waals surface area contributed by atoms with Crippen LogP contribution in [0.15, 0.2) is 28.7 Å². The molecule has 1 aromatic rings. The van der Waals surface area contributed by atoms with E-state index in [0.29, 0.717) is 19.1 Å². The van der Waals surface area contributed by atoms with Crippen LogP contribution in [0, 0.1) is 0 Å². The Morgan fingerprint density at radius 2 is 2.40 bits per heavy atom. The molecule has 4 nitrogen and oxygen atoms in total. The van der Waals surface area contributed by atoms with Gasteiger partial charge < -0.3 is 15.0 Å². The summed E-state index contributed by atoms with van der Waals surface area (Å²) in [5.74, 6) is 1.04. The molecule has 0 radical (unpaired) electrons. The van der Waals surface area contributed by atoms with E-state index in [-0.39, 0.29) is 5.91 Å². The van der Waals surface area contributed by atoms with Gasteiger partial charge in [0.2, 0.25) is 5.91 Å². The summed E-state index contributed by atoms with van der Waals surface area (Å²) in [4.78, 5) is 13.9. The van der Waals surface area contributed by atoms with Crippen LogP contribution in [0.2, 0.25) is 0 Å². The lowest BCUT2D eigenvalue weighted by molar-refractivity contribution is -0.131. The van der Waals surface area contributed by atoms with Crippen molar-refractivity contribution < 1.29 is 9.53 Å². The van der Waals surface area contributed by atoms with Gasteiger partial charge in [-0.15, -0.1) is 0 Å². The van der Waals surface area contributed by atoms with Crippen LogP contribution in [-0.2, 0) is 4.79 Å². The Morgan fingerprint density at radius 1 is 1.55 bits per heavy atom. The van der Waals surface area contributed by atoms with Crippen LogP contribution >= 0.6 is 15.9 Å². The molecule has 0 spiro atoms. The number of likely N-dealkylation sites (N-methyl/N-ethyl adjacent to an activating group) is 1. The first-order chi connectivity index (χ1) is 9.66. The van der Waals surface area contributed by atoms with Gasteiger partial charge in [-0.2, -0.15) is 0 Å². The summed E-state index contributed by atoms with van der Waals surface area (Å²) in [6.45, 7) is 2.49. The van der Waals surface area contributed by atoms with Crippen molar-refractivity contribution in [3.8, 4) is 5.75 Å². The van der Waals surface area contributed by atoms with Crippen LogP contribution in [0.25, 0.3) is 0 Å². The van der Waals surface area contributed by atoms with E-state index in [2.05, 4.69) is 21.2 Å². The van der Waals surface area contributed by atoms with Crippen molar-refractivity contribution >= 4 is 21.8 Å². The highest BCUT2D eigenvalue weighted by Crippen LogP contribution is 2.18. The lowest BCUT2D eigenvalue weighted by Gasteiger charge is -2.23. The first kappa shape index (κ1) is 15.3. The van der Waals surface area contributed by atoms with Crippen molar-refractivity contribution in [1.82, 2.24) is 10.2 Å². The second-order valence-electron chi connectivity index (χ2n) is 5.06. The van der Waals surface area contributed by atoms with Gasteiger partial charge in [0.15, 0.2) is 0 Å². The van der Waals surface area contributed by atoms with E-state index in [1.165, 1.54) is 0 Å². The molecule has 1 heterocycles. The molecule has 1 saturated heterocycles. The standard InChI is InChI=1S/C15H21BrN2O2/c1-18(13-7-8-17-11-13)15(19)6-3-9-20-14-5-2-4-12(16)10-14/h2,4-5,10,13,17H,3,6-9,11H2,1H3. The Balaban J connectivity index is 1.66. The molecule has 5 heteroatoms. The number of benzene rings is 1. The first-order valence-corrected chi connectivity index (χ1v) is 7.81. The molecule has 20 heavy (non-hydrogen) atoms. The van der Waals surface area contributed by atoms with Crippen LogP contribution in [0.1, 0.15) is 19.3 Å². The van der Waals surface area contributed by atoms with Crippen molar-refractivity contribution in [2.75, 3.05) is 26.7 Å². The Kier molecular flexibility index (Phi) is 5.86. The van der Waals surface area contributed by atoms with Gasteiger partial charge in [0.1, 0.15) is 5.75 Å². The summed E-state index contributed by atoms with van der Waals surface area (Å²) in [5.41, 5.74) is 0. The Bertz CT molecular complexity index is 447. The third kappa shape index (κ3) is 4.49. The normalized spacial score (nSPS) is 18.0. The molecule has 1 N–H and O–H groups in total. The van der Waals surface area contributed by atoms with E-state index in [9.17, 15) is 4.79 Å². The van der Waals surface area contributed by atoms with Crippen LogP contribution in [-0.4, -0.2) is 43.6 Å². The Morgan fingerprint density at radius 3 is 3.10 bits per heavy atom. The zero-order valence-electron chi connectivity index (χ0n) is 11.8. The average molecular weight is 341 g/mol. The highest BCUT2D eigenvalue weighted by molar-refractivity contribution is 9.10. The number of hydrogen-bond donors (Lipinski definition) is 1. The molecule has 1 aromatic carbocycles. The largest absolute Gasteiger partial charge is 0.494 e. The number of hydrogen-bond acceptors (Lipinski definition) is 3. The fraction of sp³-hybridized carbons (Fsp3) is 0.533. The molecule has 110 valence electrons. The lowest BCUT2D eigenvalue weighted by Crippen LogP contribution is -2.38. The van der Waals surface area contributed by atoms with Gasteiger partial charge in [0, 0.05) is 30.5 Å². The van der Waals surface area contributed by atoms with Gasteiger partial charge in [-0.3, -0.25) is 4.79 Å². The topological polar surface area (TPSA) is 41.6 Å². The number of carbonyl (C=O) groups is 1. The predicted molar refractivity (Wildman–Crippen MR) is 82.9 cm³/mol. The van der Waals surface area contributed by atoms with E-state index < -0.39 is 0 Å². The van der Waals surface area contributed by atoms with Crippen LogP contribution in [0.3, 0.4) is 0 Å². The summed E-state index contributed by atoms with van der Waals surface area (Å²) in [5, 5.41) is 3.28. The molecule has 0 bridgehead atoms. The highest BCUT2D eigenvalue weighted by atomic mass is 79.9. The fourth-order valence-electron chi connectivity index (χ4n) is 2.32. The maximum Gasteiger partial charge on any atom is 0.222 e. The van der Waals surface area contributed by atoms with E-state index in [4.69, 9.17) is 4.74 Å². The summed E-state index contributed by atoms with van der Waals surface area (Å²) in [7, 11) is 1.90. The number of amides is 1. The lowest BCUT2D eigenvalue weighted by atomic mass is 10.2. The smallest absolute Gasteiger partial charge is 0.222 e. The highest BCUT2D eigenvalue weighted by Gasteiger charge is 2.22. The van der Waals surface area contributed by atoms with E-state index >= 15 is 0 Å². The molecule has 1 atom stereocenters. The summed E-state index contributed by atoms with van der Waals surface area (Å²) >= 11 is 3.40. The van der Waals surface area contributed by atoms with Crippen LogP contribution in [0.5, 0.6) is 5.75 Å². The molecule has 1 fully saturated rings. The number of nitrogens with zero attached hydrogens (tertiary/aromatic N) is 1. The molecule has 0 aromatic heterocycles. The van der Waals surface area contributed by atoms with Crippen LogP contribution < -0.4 is 10.1 Å². The zero-order chi connectivity index (χ0) is 14.4. The third-order valence-electron chi connectivity index (χ3n) is 3.58. The number of rotatable bonds is 6. The second kappa shape index (κ2) is 7.64. The van der Waals surface area contributed by atoms with E-state index in [1.54, 1.807) is 0 Å². The van der Waals surface area contributed by atoms with Gasteiger partial charge in [0.05, 0.1) is 6.61 Å². The maximum absolute atomic E-state index is 12.0. The molecule has 0 saturated carbocycles. The Labute approximate surface area is 128 Å². The minimum absolute atomic E-state index is 0.205. The minimum atomic E-state index is 0.205. The fourth-order valence-corrected chi connectivity index (χ4v) is 2.70. The number of halogens is 1. The van der Waals surface area contributed by atoms with Crippen molar-refractivity contribution in [3.63, 3.8) is 0 Å². The van der Waals surface area contributed by atoms with E-state index in [0.717, 1.165) is 36.2 Å². The van der Waals surface area contributed by atoms with Gasteiger partial charge in [0.25, 0.3) is 0 Å². The number of nitrogens with one attached hydrogen (secondary N) is 1. The first-order valence-electron chi connectivity index (χ1n) is 7.01. The van der Waals surface area contributed by atoms with Crippen molar-refractivity contribution in [3.05, 3.63) is 28.7 Å². The molecule has 1 aliphatic heterocycles. The van der Waals surface area contributed by atoms with Crippen molar-refractivity contribution in [2.24, 2.45) is 0 Å². The summed E-state index contributed by atoms with van der Waals surface area (Å²) < 4.78 is 6.63. The number of ether oxygens (including phenoxy) is 1. The van der Waals surface area contributed by atoms with Crippen molar-refractivity contribution in [2.45, 2.75) is 25.3 Å². The molecule has 1 unspecified atom stereocenters. The summed E-state index contributed by atoms with van der Waals surface area (Å²) in [6.07, 6.45) is 2.34. The van der Waals surface area contributed by atoms with Gasteiger partial charge >= 0.3 is 0 Å². The molecule has 2 rings (SSSR count). The maximum atomic E-state index is 12.0. The van der Waals surface area contributed by atoms with E-state index in [1.807, 2.05) is 36.2 Å². The van der Waals surface area contributed by atoms with Crippen LogP contribution in [0.4, 0.5) is 0 Å². The average Bonchev–Trinajstić information content (AvgIpc) is 2.96. The van der Waals surface area contributed by atoms with Gasteiger partial charge in [-0.25, -0.2) is 0 Å². The molecule has 1 aliphatic rings.